The molecule has 1 aliphatic heterocycles. The van der Waals surface area contributed by atoms with Crippen LogP contribution in [0.1, 0.15) is 23.4 Å². The highest BCUT2D eigenvalue weighted by molar-refractivity contribution is 5.94. The predicted octanol–water partition coefficient (Wildman–Crippen LogP) is 0.804. The first-order chi connectivity index (χ1) is 7.36. The van der Waals surface area contributed by atoms with Gasteiger partial charge in [-0.1, -0.05) is 0 Å². The molecule has 1 fully saturated rings. The zero-order chi connectivity index (χ0) is 10.5. The Bertz CT molecular complexity index is 302. The zero-order valence-electron chi connectivity index (χ0n) is 8.66. The Morgan fingerprint density at radius 3 is 3.27 bits per heavy atom. The van der Waals surface area contributed by atoms with Crippen molar-refractivity contribution in [1.29, 1.82) is 0 Å². The predicted molar refractivity (Wildman–Crippen MR) is 56.9 cm³/mol. The van der Waals surface area contributed by atoms with Crippen molar-refractivity contribution < 1.29 is 9.21 Å². The van der Waals surface area contributed by atoms with Crippen LogP contribution in [0.25, 0.3) is 0 Å². The lowest BCUT2D eigenvalue weighted by Crippen LogP contribution is -2.36. The molecular weight excluding hydrogens is 192 g/mol. The number of rotatable bonds is 5. The van der Waals surface area contributed by atoms with E-state index in [4.69, 9.17) is 4.42 Å². The molecule has 0 aromatic carbocycles. The largest absolute Gasteiger partial charge is 0.461 e. The molecule has 1 aliphatic rings. The molecule has 2 rings (SSSR count). The highest BCUT2D eigenvalue weighted by Crippen LogP contribution is 2.03. The third-order valence-electron chi connectivity index (χ3n) is 2.63. The molecule has 1 aromatic heterocycles. The molecule has 1 unspecified atom stereocenters. The number of nitrogens with one attached hydrogen (secondary N) is 2. The van der Waals surface area contributed by atoms with E-state index in [0.29, 0.717) is 18.3 Å². The Morgan fingerprint density at radius 2 is 2.60 bits per heavy atom. The maximum absolute atomic E-state index is 11.5. The Labute approximate surface area is 89.0 Å². The second-order valence-electron chi connectivity index (χ2n) is 3.82. The van der Waals surface area contributed by atoms with E-state index in [1.165, 1.54) is 19.1 Å². The molecule has 2 N–H and O–H groups in total. The van der Waals surface area contributed by atoms with E-state index < -0.39 is 0 Å². The summed E-state index contributed by atoms with van der Waals surface area (Å²) < 4.78 is 5.01. The topological polar surface area (TPSA) is 54.3 Å². The van der Waals surface area contributed by atoms with Gasteiger partial charge in [0.05, 0.1) is 12.8 Å². The SMILES string of the molecule is O=C(CNCC1CCCN1)c1ccco1. The number of carbonyl (C=O) groups excluding carboxylic acids is 1. The van der Waals surface area contributed by atoms with E-state index in [-0.39, 0.29) is 5.78 Å². The first kappa shape index (κ1) is 10.4. The third-order valence-corrected chi connectivity index (χ3v) is 2.63. The minimum absolute atomic E-state index is 0.0120. The summed E-state index contributed by atoms with van der Waals surface area (Å²) in [6, 6.07) is 3.94. The first-order valence-corrected chi connectivity index (χ1v) is 5.37. The van der Waals surface area contributed by atoms with Crippen molar-refractivity contribution in [3.63, 3.8) is 0 Å². The molecule has 0 spiro atoms. The number of ketones is 1. The monoisotopic (exact) mass is 208 g/mol. The average Bonchev–Trinajstić information content (AvgIpc) is 2.90. The van der Waals surface area contributed by atoms with E-state index in [9.17, 15) is 4.79 Å². The zero-order valence-corrected chi connectivity index (χ0v) is 8.66. The van der Waals surface area contributed by atoms with Crippen LogP contribution < -0.4 is 10.6 Å². The Balaban J connectivity index is 1.67. The Morgan fingerprint density at radius 1 is 1.67 bits per heavy atom. The van der Waals surface area contributed by atoms with Gasteiger partial charge < -0.3 is 15.1 Å². The van der Waals surface area contributed by atoms with Gasteiger partial charge in [-0.25, -0.2) is 0 Å². The Kier molecular flexibility index (Phi) is 3.53. The molecular formula is C11H16N2O2. The number of carbonyl (C=O) groups is 1. The van der Waals surface area contributed by atoms with E-state index in [0.717, 1.165) is 13.1 Å². The van der Waals surface area contributed by atoms with E-state index in [2.05, 4.69) is 10.6 Å². The summed E-state index contributed by atoms with van der Waals surface area (Å²) in [5, 5.41) is 6.51. The molecule has 0 aliphatic carbocycles. The van der Waals surface area contributed by atoms with Gasteiger partial charge in [0, 0.05) is 12.6 Å². The minimum atomic E-state index is 0.0120. The number of Topliss-reactive ketones (excluding diaryl/α,β-unsaturated/α-hetero) is 1. The molecule has 0 amide bonds. The molecule has 0 bridgehead atoms. The number of furan rings is 1. The summed E-state index contributed by atoms with van der Waals surface area (Å²) in [4.78, 5) is 11.5. The van der Waals surface area contributed by atoms with Gasteiger partial charge in [-0.3, -0.25) is 4.79 Å². The van der Waals surface area contributed by atoms with Gasteiger partial charge in [0.25, 0.3) is 0 Å². The Hall–Kier alpha value is -1.13. The van der Waals surface area contributed by atoms with E-state index in [1.54, 1.807) is 12.1 Å². The van der Waals surface area contributed by atoms with Gasteiger partial charge in [0.15, 0.2) is 5.76 Å². The molecule has 82 valence electrons. The van der Waals surface area contributed by atoms with Crippen molar-refractivity contribution in [3.8, 4) is 0 Å². The lowest BCUT2D eigenvalue weighted by atomic mass is 10.2. The molecule has 2 heterocycles. The van der Waals surface area contributed by atoms with Crippen LogP contribution in [0.2, 0.25) is 0 Å². The van der Waals surface area contributed by atoms with Crippen molar-refractivity contribution in [2.75, 3.05) is 19.6 Å². The van der Waals surface area contributed by atoms with Crippen molar-refractivity contribution >= 4 is 5.78 Å². The summed E-state index contributed by atoms with van der Waals surface area (Å²) >= 11 is 0. The van der Waals surface area contributed by atoms with Crippen LogP contribution >= 0.6 is 0 Å². The lowest BCUT2D eigenvalue weighted by molar-refractivity contribution is 0.0964. The average molecular weight is 208 g/mol. The maximum Gasteiger partial charge on any atom is 0.211 e. The second kappa shape index (κ2) is 5.09. The summed E-state index contributed by atoms with van der Waals surface area (Å²) in [5.41, 5.74) is 0. The molecule has 1 atom stereocenters. The quantitative estimate of drug-likeness (QED) is 0.703. The molecule has 4 nitrogen and oxygen atoms in total. The normalized spacial score (nSPS) is 20.7. The van der Waals surface area contributed by atoms with Crippen LogP contribution in [-0.4, -0.2) is 31.5 Å². The fraction of sp³-hybridized carbons (Fsp3) is 0.545. The standard InChI is InChI=1S/C11H16N2O2/c14-10(11-4-2-6-15-11)8-12-7-9-3-1-5-13-9/h2,4,6,9,12-13H,1,3,5,7-8H2. The maximum atomic E-state index is 11.5. The lowest BCUT2D eigenvalue weighted by Gasteiger charge is -2.09. The fourth-order valence-corrected chi connectivity index (χ4v) is 1.82. The fourth-order valence-electron chi connectivity index (χ4n) is 1.82. The van der Waals surface area contributed by atoms with Crippen molar-refractivity contribution in [2.45, 2.75) is 18.9 Å². The first-order valence-electron chi connectivity index (χ1n) is 5.37. The van der Waals surface area contributed by atoms with Gasteiger partial charge in [-0.2, -0.15) is 0 Å². The van der Waals surface area contributed by atoms with Gasteiger partial charge in [-0.05, 0) is 31.5 Å². The van der Waals surface area contributed by atoms with Crippen LogP contribution in [0.4, 0.5) is 0 Å². The molecule has 1 aromatic rings. The van der Waals surface area contributed by atoms with Crippen LogP contribution in [0.3, 0.4) is 0 Å². The van der Waals surface area contributed by atoms with Crippen molar-refractivity contribution in [3.05, 3.63) is 24.2 Å². The summed E-state index contributed by atoms with van der Waals surface area (Å²) in [6.45, 7) is 2.30. The third kappa shape index (κ3) is 2.91. The summed E-state index contributed by atoms with van der Waals surface area (Å²) in [7, 11) is 0. The molecule has 15 heavy (non-hydrogen) atoms. The van der Waals surface area contributed by atoms with Gasteiger partial charge in [0.2, 0.25) is 5.78 Å². The van der Waals surface area contributed by atoms with Crippen LogP contribution in [0, 0.1) is 0 Å². The van der Waals surface area contributed by atoms with Crippen LogP contribution in [-0.2, 0) is 0 Å². The molecule has 0 saturated carbocycles. The highest BCUT2D eigenvalue weighted by atomic mass is 16.3. The summed E-state index contributed by atoms with van der Waals surface area (Å²) in [5.74, 6) is 0.444. The molecule has 0 radical (unpaired) electrons. The molecule has 1 saturated heterocycles. The highest BCUT2D eigenvalue weighted by Gasteiger charge is 2.14. The van der Waals surface area contributed by atoms with E-state index in [1.807, 2.05) is 0 Å². The van der Waals surface area contributed by atoms with Crippen LogP contribution in [0.15, 0.2) is 22.8 Å². The van der Waals surface area contributed by atoms with E-state index >= 15 is 0 Å². The number of hydrogen-bond acceptors (Lipinski definition) is 4. The van der Waals surface area contributed by atoms with Gasteiger partial charge in [-0.15, -0.1) is 0 Å². The molecule has 4 heteroatoms. The van der Waals surface area contributed by atoms with Gasteiger partial charge >= 0.3 is 0 Å². The number of hydrogen-bond donors (Lipinski definition) is 2. The second-order valence-corrected chi connectivity index (χ2v) is 3.82. The van der Waals surface area contributed by atoms with Crippen molar-refractivity contribution in [2.24, 2.45) is 0 Å². The van der Waals surface area contributed by atoms with Crippen LogP contribution in [0.5, 0.6) is 0 Å². The minimum Gasteiger partial charge on any atom is -0.461 e. The van der Waals surface area contributed by atoms with Gasteiger partial charge in [0.1, 0.15) is 0 Å². The summed E-state index contributed by atoms with van der Waals surface area (Å²) in [6.07, 6.45) is 3.95. The van der Waals surface area contributed by atoms with Crippen molar-refractivity contribution in [1.82, 2.24) is 10.6 Å². The smallest absolute Gasteiger partial charge is 0.211 e.